The zero-order chi connectivity index (χ0) is 20.1. The highest BCUT2D eigenvalue weighted by atomic mass is 32.2. The van der Waals surface area contributed by atoms with Crippen molar-refractivity contribution in [3.05, 3.63) is 66.0 Å². The molecular weight excluding hydrogens is 374 g/mol. The monoisotopic (exact) mass is 399 g/mol. The summed E-state index contributed by atoms with van der Waals surface area (Å²) in [6, 6.07) is 10.4. The van der Waals surface area contributed by atoms with Crippen LogP contribution in [0.2, 0.25) is 0 Å². The molecule has 1 aromatic carbocycles. The molecule has 3 rings (SSSR count). The fourth-order valence-corrected chi connectivity index (χ4v) is 4.02. The van der Waals surface area contributed by atoms with Crippen molar-refractivity contribution in [2.24, 2.45) is 0 Å². The van der Waals surface area contributed by atoms with Crippen LogP contribution < -0.4 is 4.72 Å². The Bertz CT molecular complexity index is 935. The first-order chi connectivity index (χ1) is 13.3. The lowest BCUT2D eigenvalue weighted by atomic mass is 10.2. The van der Waals surface area contributed by atoms with E-state index in [-0.39, 0.29) is 22.9 Å². The van der Waals surface area contributed by atoms with Crippen LogP contribution in [-0.4, -0.2) is 36.3 Å². The Balaban J connectivity index is 1.66. The largest absolute Gasteiger partial charge is 0.332 e. The smallest absolute Gasteiger partial charge is 0.247 e. The van der Waals surface area contributed by atoms with Crippen molar-refractivity contribution in [1.82, 2.24) is 14.6 Å². The summed E-state index contributed by atoms with van der Waals surface area (Å²) in [5, 5.41) is 0. The summed E-state index contributed by atoms with van der Waals surface area (Å²) in [5.74, 6) is -0.106. The van der Waals surface area contributed by atoms with Gasteiger partial charge in [-0.2, -0.15) is 0 Å². The zero-order valence-electron chi connectivity index (χ0n) is 16.1. The predicted octanol–water partition coefficient (Wildman–Crippen LogP) is 2.97. The fourth-order valence-electron chi connectivity index (χ4n) is 2.71. The highest BCUT2D eigenvalue weighted by molar-refractivity contribution is 7.89. The minimum absolute atomic E-state index is 0.0402. The van der Waals surface area contributed by atoms with Crippen molar-refractivity contribution in [1.29, 1.82) is 0 Å². The summed E-state index contributed by atoms with van der Waals surface area (Å²) < 4.78 is 27.1. The molecule has 0 aliphatic heterocycles. The Morgan fingerprint density at radius 1 is 1.25 bits per heavy atom. The van der Waals surface area contributed by atoms with E-state index in [1.807, 2.05) is 26.0 Å². The van der Waals surface area contributed by atoms with Gasteiger partial charge in [-0.1, -0.05) is 18.2 Å². The molecule has 0 radical (unpaired) electrons. The number of benzene rings is 1. The summed E-state index contributed by atoms with van der Waals surface area (Å²) in [6.45, 7) is 4.42. The highest BCUT2D eigenvalue weighted by Crippen LogP contribution is 2.22. The van der Waals surface area contributed by atoms with Crippen LogP contribution in [-0.2, 0) is 21.4 Å². The van der Waals surface area contributed by atoms with E-state index >= 15 is 0 Å². The van der Waals surface area contributed by atoms with Crippen LogP contribution in [0.1, 0.15) is 37.8 Å². The maximum Gasteiger partial charge on any atom is 0.247 e. The number of nitrogens with zero attached hydrogens (tertiary/aromatic N) is 2. The Morgan fingerprint density at radius 2 is 1.96 bits per heavy atom. The number of aromatic nitrogens is 1. The van der Waals surface area contributed by atoms with Gasteiger partial charge in [0.15, 0.2) is 0 Å². The molecule has 1 heterocycles. The molecule has 1 amide bonds. The Morgan fingerprint density at radius 3 is 2.54 bits per heavy atom. The molecule has 148 valence electrons. The number of sulfonamides is 1. The standard InChI is InChI=1S/C21H25N3O3S/c1-16(2)24(15-18-4-3-13-22-14-18)21(25)12-7-17-5-10-20(11-6-17)28(26,27)23-19-8-9-19/h3-7,10-14,16,19,23H,8-9,15H2,1-2H3. The molecule has 6 nitrogen and oxygen atoms in total. The van der Waals surface area contributed by atoms with E-state index in [1.54, 1.807) is 47.6 Å². The molecule has 0 saturated heterocycles. The van der Waals surface area contributed by atoms with Crippen LogP contribution >= 0.6 is 0 Å². The van der Waals surface area contributed by atoms with Crippen LogP contribution in [0.25, 0.3) is 6.08 Å². The van der Waals surface area contributed by atoms with Gasteiger partial charge in [-0.15, -0.1) is 0 Å². The van der Waals surface area contributed by atoms with Crippen molar-refractivity contribution in [2.45, 2.75) is 50.2 Å². The van der Waals surface area contributed by atoms with Crippen LogP contribution in [0.3, 0.4) is 0 Å². The second kappa shape index (κ2) is 8.67. The minimum Gasteiger partial charge on any atom is -0.332 e. The van der Waals surface area contributed by atoms with Gasteiger partial charge >= 0.3 is 0 Å². The SMILES string of the molecule is CC(C)N(Cc1cccnc1)C(=O)C=Cc1ccc(S(=O)(=O)NC2CC2)cc1. The third-order valence-corrected chi connectivity index (χ3v) is 6.03. The topological polar surface area (TPSA) is 79.4 Å². The Kier molecular flexibility index (Phi) is 6.26. The number of hydrogen-bond acceptors (Lipinski definition) is 4. The summed E-state index contributed by atoms with van der Waals surface area (Å²) in [6.07, 6.45) is 8.46. The average molecular weight is 400 g/mol. The third kappa shape index (κ3) is 5.50. The van der Waals surface area contributed by atoms with Crippen molar-refractivity contribution in [2.75, 3.05) is 0 Å². The first kappa shape index (κ1) is 20.2. The van der Waals surface area contributed by atoms with Crippen LogP contribution in [0, 0.1) is 0 Å². The summed E-state index contributed by atoms with van der Waals surface area (Å²) >= 11 is 0. The van der Waals surface area contributed by atoms with Gasteiger partial charge < -0.3 is 4.90 Å². The van der Waals surface area contributed by atoms with E-state index in [0.29, 0.717) is 6.54 Å². The maximum atomic E-state index is 12.6. The molecule has 1 aromatic heterocycles. The van der Waals surface area contributed by atoms with E-state index in [2.05, 4.69) is 9.71 Å². The molecule has 0 spiro atoms. The number of amides is 1. The van der Waals surface area contributed by atoms with Gasteiger partial charge in [0.2, 0.25) is 15.9 Å². The second-order valence-electron chi connectivity index (χ2n) is 7.22. The molecule has 1 aliphatic carbocycles. The molecule has 2 aromatic rings. The van der Waals surface area contributed by atoms with Gasteiger partial charge in [0.1, 0.15) is 0 Å². The number of rotatable bonds is 8. The van der Waals surface area contributed by atoms with Crippen molar-refractivity contribution in [3.8, 4) is 0 Å². The maximum absolute atomic E-state index is 12.6. The van der Waals surface area contributed by atoms with Gasteiger partial charge in [-0.25, -0.2) is 13.1 Å². The molecule has 1 aliphatic rings. The Hall–Kier alpha value is -2.51. The first-order valence-corrected chi connectivity index (χ1v) is 10.8. The molecule has 1 fully saturated rings. The lowest BCUT2D eigenvalue weighted by Crippen LogP contribution is -2.35. The summed E-state index contributed by atoms with van der Waals surface area (Å²) in [5.41, 5.74) is 1.74. The number of nitrogens with one attached hydrogen (secondary N) is 1. The highest BCUT2D eigenvalue weighted by Gasteiger charge is 2.27. The molecule has 28 heavy (non-hydrogen) atoms. The molecule has 0 bridgehead atoms. The third-order valence-electron chi connectivity index (χ3n) is 4.49. The van der Waals surface area contributed by atoms with E-state index in [9.17, 15) is 13.2 Å². The van der Waals surface area contributed by atoms with E-state index in [4.69, 9.17) is 0 Å². The molecule has 7 heteroatoms. The fraction of sp³-hybridized carbons (Fsp3) is 0.333. The van der Waals surface area contributed by atoms with Crippen LogP contribution in [0.4, 0.5) is 0 Å². The number of carbonyl (C=O) groups excluding carboxylic acids is 1. The molecule has 0 atom stereocenters. The van der Waals surface area contributed by atoms with Crippen LogP contribution in [0.15, 0.2) is 59.8 Å². The minimum atomic E-state index is -3.46. The van der Waals surface area contributed by atoms with E-state index in [0.717, 1.165) is 24.0 Å². The van der Waals surface area contributed by atoms with Crippen molar-refractivity contribution < 1.29 is 13.2 Å². The van der Waals surface area contributed by atoms with Crippen LogP contribution in [0.5, 0.6) is 0 Å². The van der Waals surface area contributed by atoms with E-state index < -0.39 is 10.0 Å². The first-order valence-electron chi connectivity index (χ1n) is 9.35. The van der Waals surface area contributed by atoms with Crippen molar-refractivity contribution >= 4 is 22.0 Å². The number of carbonyl (C=O) groups is 1. The van der Waals surface area contributed by atoms with E-state index in [1.165, 1.54) is 6.08 Å². The number of hydrogen-bond donors (Lipinski definition) is 1. The summed E-state index contributed by atoms with van der Waals surface area (Å²) in [4.78, 5) is 18.7. The summed E-state index contributed by atoms with van der Waals surface area (Å²) in [7, 11) is -3.46. The lowest BCUT2D eigenvalue weighted by molar-refractivity contribution is -0.128. The normalized spacial score (nSPS) is 14.5. The van der Waals surface area contributed by atoms with Gasteiger partial charge in [-0.3, -0.25) is 9.78 Å². The van der Waals surface area contributed by atoms with Crippen molar-refractivity contribution in [3.63, 3.8) is 0 Å². The quantitative estimate of drug-likeness (QED) is 0.692. The molecule has 1 N–H and O–H groups in total. The number of pyridine rings is 1. The Labute approximate surface area is 166 Å². The molecule has 0 unspecified atom stereocenters. The lowest BCUT2D eigenvalue weighted by Gasteiger charge is -2.25. The van der Waals surface area contributed by atoms with Gasteiger partial charge in [-0.05, 0) is 62.1 Å². The second-order valence-corrected chi connectivity index (χ2v) is 8.93. The van der Waals surface area contributed by atoms with Gasteiger partial charge in [0, 0.05) is 37.1 Å². The molecule has 1 saturated carbocycles. The predicted molar refractivity (Wildman–Crippen MR) is 109 cm³/mol. The van der Waals surface area contributed by atoms with Gasteiger partial charge in [0.25, 0.3) is 0 Å². The zero-order valence-corrected chi connectivity index (χ0v) is 16.9. The van der Waals surface area contributed by atoms with Gasteiger partial charge in [0.05, 0.1) is 4.90 Å². The molecular formula is C21H25N3O3S. The average Bonchev–Trinajstić information content (AvgIpc) is 3.48.